The van der Waals surface area contributed by atoms with Crippen LogP contribution in [0.2, 0.25) is 0 Å². The van der Waals surface area contributed by atoms with E-state index in [9.17, 15) is 9.59 Å². The van der Waals surface area contributed by atoms with Gasteiger partial charge in [-0.25, -0.2) is 9.50 Å². The van der Waals surface area contributed by atoms with Gasteiger partial charge in [0.25, 0.3) is 5.91 Å². The van der Waals surface area contributed by atoms with Gasteiger partial charge >= 0.3 is 0 Å². The molecule has 0 saturated carbocycles. The number of piperidine rings is 1. The number of likely N-dealkylation sites (N-methyl/N-ethyl adjacent to an activating group) is 1. The summed E-state index contributed by atoms with van der Waals surface area (Å²) in [5.74, 6) is -0.0781. The van der Waals surface area contributed by atoms with Crippen LogP contribution in [0.25, 0.3) is 5.65 Å². The fraction of sp³-hybridized carbons (Fsp3) is 0.556. The van der Waals surface area contributed by atoms with Crippen molar-refractivity contribution in [3.63, 3.8) is 0 Å². The third-order valence-corrected chi connectivity index (χ3v) is 4.92. The monoisotopic (exact) mass is 358 g/mol. The number of likely N-dealkylation sites (tertiary alicyclic amines) is 1. The summed E-state index contributed by atoms with van der Waals surface area (Å²) in [5.41, 5.74) is 2.06. The first-order chi connectivity index (χ1) is 12.5. The lowest BCUT2D eigenvalue weighted by atomic mass is 10.1. The molecule has 1 fully saturated rings. The van der Waals surface area contributed by atoms with E-state index in [1.807, 2.05) is 6.20 Å². The van der Waals surface area contributed by atoms with E-state index in [2.05, 4.69) is 34.1 Å². The molecule has 2 aromatic rings. The summed E-state index contributed by atoms with van der Waals surface area (Å²) in [6, 6.07) is -0.0397. The van der Waals surface area contributed by atoms with Gasteiger partial charge in [-0.05, 0) is 19.5 Å². The molecule has 8 nitrogen and oxygen atoms in total. The first kappa shape index (κ1) is 18.3. The van der Waals surface area contributed by atoms with Crippen LogP contribution in [0.4, 0.5) is 0 Å². The van der Waals surface area contributed by atoms with Crippen LogP contribution in [-0.4, -0.2) is 68.9 Å². The molecule has 0 spiro atoms. The van der Waals surface area contributed by atoms with Crippen LogP contribution in [0.3, 0.4) is 0 Å². The van der Waals surface area contributed by atoms with E-state index in [1.165, 1.54) is 0 Å². The summed E-state index contributed by atoms with van der Waals surface area (Å²) >= 11 is 0. The summed E-state index contributed by atoms with van der Waals surface area (Å²) < 4.78 is 1.66. The minimum atomic E-state index is -0.197. The van der Waals surface area contributed by atoms with E-state index < -0.39 is 0 Å². The van der Waals surface area contributed by atoms with Crippen molar-refractivity contribution < 1.29 is 9.59 Å². The van der Waals surface area contributed by atoms with Gasteiger partial charge in [0.15, 0.2) is 5.65 Å². The van der Waals surface area contributed by atoms with Gasteiger partial charge in [0.2, 0.25) is 5.91 Å². The van der Waals surface area contributed by atoms with Crippen molar-refractivity contribution >= 4 is 17.5 Å². The number of hydrogen-bond donors (Lipinski definition) is 1. The van der Waals surface area contributed by atoms with E-state index in [1.54, 1.807) is 28.9 Å². The van der Waals surface area contributed by atoms with Crippen LogP contribution in [0.1, 0.15) is 42.6 Å². The predicted molar refractivity (Wildman–Crippen MR) is 97.7 cm³/mol. The number of carbonyl (C=O) groups is 2. The van der Waals surface area contributed by atoms with Gasteiger partial charge in [-0.2, -0.15) is 5.10 Å². The van der Waals surface area contributed by atoms with E-state index >= 15 is 0 Å². The molecule has 3 rings (SSSR count). The van der Waals surface area contributed by atoms with Gasteiger partial charge in [-0.3, -0.25) is 14.5 Å². The minimum absolute atomic E-state index is 0.0397. The fourth-order valence-corrected chi connectivity index (χ4v) is 3.25. The molecule has 1 aliphatic rings. The molecule has 0 aliphatic carbocycles. The molecule has 8 heteroatoms. The Morgan fingerprint density at radius 1 is 1.35 bits per heavy atom. The Morgan fingerprint density at radius 3 is 2.81 bits per heavy atom. The zero-order valence-corrected chi connectivity index (χ0v) is 15.6. The highest BCUT2D eigenvalue weighted by Crippen LogP contribution is 2.13. The molecule has 1 unspecified atom stereocenters. The number of hydrogen-bond acceptors (Lipinski definition) is 5. The third-order valence-electron chi connectivity index (χ3n) is 4.92. The van der Waals surface area contributed by atoms with E-state index in [-0.39, 0.29) is 17.9 Å². The van der Waals surface area contributed by atoms with Gasteiger partial charge in [0, 0.05) is 50.6 Å². The third kappa shape index (κ3) is 3.85. The number of nitrogens with zero attached hydrogens (tertiary/aromatic N) is 5. The van der Waals surface area contributed by atoms with Crippen molar-refractivity contribution in [3.05, 3.63) is 29.7 Å². The normalized spacial score (nSPS) is 17.9. The largest absolute Gasteiger partial charge is 0.347 e. The van der Waals surface area contributed by atoms with E-state index in [4.69, 9.17) is 0 Å². The Labute approximate surface area is 153 Å². The number of amides is 2. The van der Waals surface area contributed by atoms with Gasteiger partial charge < -0.3 is 10.2 Å². The lowest BCUT2D eigenvalue weighted by molar-refractivity contribution is -0.132. The Morgan fingerprint density at radius 2 is 2.12 bits per heavy atom. The highest BCUT2D eigenvalue weighted by atomic mass is 16.2. The van der Waals surface area contributed by atoms with Crippen LogP contribution >= 0.6 is 0 Å². The first-order valence-corrected chi connectivity index (χ1v) is 9.11. The lowest BCUT2D eigenvalue weighted by Gasteiger charge is -2.30. The summed E-state index contributed by atoms with van der Waals surface area (Å²) in [6.45, 7) is 7.54. The smallest absolute Gasteiger partial charge is 0.257 e. The van der Waals surface area contributed by atoms with Crippen molar-refractivity contribution in [2.75, 3.05) is 26.7 Å². The second-order valence-electron chi connectivity index (χ2n) is 6.73. The van der Waals surface area contributed by atoms with E-state index in [0.29, 0.717) is 30.6 Å². The molecule has 3 heterocycles. The lowest BCUT2D eigenvalue weighted by Crippen LogP contribution is -2.48. The van der Waals surface area contributed by atoms with Gasteiger partial charge in [0.1, 0.15) is 5.56 Å². The molecule has 2 aromatic heterocycles. The Bertz CT molecular complexity index is 798. The first-order valence-electron chi connectivity index (χ1n) is 9.11. The highest BCUT2D eigenvalue weighted by Gasteiger charge is 2.25. The van der Waals surface area contributed by atoms with Crippen LogP contribution in [0.5, 0.6) is 0 Å². The summed E-state index contributed by atoms with van der Waals surface area (Å²) in [4.78, 5) is 32.6. The van der Waals surface area contributed by atoms with E-state index in [0.717, 1.165) is 25.2 Å². The zero-order valence-electron chi connectivity index (χ0n) is 15.6. The SMILES string of the molecule is CCN(CC)Cc1cnc2c(C(=O)NC3CCC(=O)N(C)C3)cnn2c1. The molecular formula is C18H26N6O2. The van der Waals surface area contributed by atoms with Crippen LogP contribution in [0, 0.1) is 0 Å². The number of fused-ring (bicyclic) bond motifs is 1. The molecule has 26 heavy (non-hydrogen) atoms. The van der Waals surface area contributed by atoms with Crippen molar-refractivity contribution in [3.8, 4) is 0 Å². The number of aromatic nitrogens is 3. The molecule has 1 saturated heterocycles. The van der Waals surface area contributed by atoms with Gasteiger partial charge in [0.05, 0.1) is 6.20 Å². The Balaban J connectivity index is 1.72. The van der Waals surface area contributed by atoms with Crippen molar-refractivity contribution in [1.29, 1.82) is 0 Å². The number of nitrogens with one attached hydrogen (secondary N) is 1. The summed E-state index contributed by atoms with van der Waals surface area (Å²) in [6.07, 6.45) is 6.40. The molecule has 0 bridgehead atoms. The average molecular weight is 358 g/mol. The second-order valence-corrected chi connectivity index (χ2v) is 6.73. The summed E-state index contributed by atoms with van der Waals surface area (Å²) in [7, 11) is 1.76. The number of carbonyl (C=O) groups excluding carboxylic acids is 2. The molecule has 1 aliphatic heterocycles. The quantitative estimate of drug-likeness (QED) is 0.830. The molecule has 1 N–H and O–H groups in total. The van der Waals surface area contributed by atoms with Gasteiger partial charge in [-0.15, -0.1) is 0 Å². The van der Waals surface area contributed by atoms with Crippen molar-refractivity contribution in [1.82, 2.24) is 29.7 Å². The second kappa shape index (κ2) is 7.82. The topological polar surface area (TPSA) is 82.8 Å². The van der Waals surface area contributed by atoms with Gasteiger partial charge in [-0.1, -0.05) is 13.8 Å². The maximum atomic E-state index is 12.6. The van der Waals surface area contributed by atoms with Crippen LogP contribution in [-0.2, 0) is 11.3 Å². The molecule has 0 radical (unpaired) electrons. The molecular weight excluding hydrogens is 332 g/mol. The molecule has 0 aromatic carbocycles. The van der Waals surface area contributed by atoms with Crippen molar-refractivity contribution in [2.45, 2.75) is 39.3 Å². The number of rotatable bonds is 6. The maximum Gasteiger partial charge on any atom is 0.257 e. The highest BCUT2D eigenvalue weighted by molar-refractivity contribution is 5.99. The predicted octanol–water partition coefficient (Wildman–Crippen LogP) is 0.922. The molecule has 2 amide bonds. The fourth-order valence-electron chi connectivity index (χ4n) is 3.25. The molecule has 1 atom stereocenters. The Kier molecular flexibility index (Phi) is 5.51. The minimum Gasteiger partial charge on any atom is -0.347 e. The molecule has 140 valence electrons. The average Bonchev–Trinajstić information content (AvgIpc) is 3.06. The van der Waals surface area contributed by atoms with Crippen molar-refractivity contribution in [2.24, 2.45) is 0 Å². The maximum absolute atomic E-state index is 12.6. The Hall–Kier alpha value is -2.48. The van der Waals surface area contributed by atoms with Crippen LogP contribution in [0.15, 0.2) is 18.6 Å². The van der Waals surface area contributed by atoms with Crippen LogP contribution < -0.4 is 5.32 Å². The summed E-state index contributed by atoms with van der Waals surface area (Å²) in [5, 5.41) is 7.28. The standard InChI is InChI=1S/C18H26N6O2/c1-4-23(5-2)10-13-8-19-17-15(9-20-24(17)11-13)18(26)21-14-6-7-16(25)22(3)12-14/h8-9,11,14H,4-7,10,12H2,1-3H3,(H,21,26). The zero-order chi connectivity index (χ0) is 18.7.